The summed E-state index contributed by atoms with van der Waals surface area (Å²) < 4.78 is 26.0. The lowest BCUT2D eigenvalue weighted by Crippen LogP contribution is -2.08. The first-order valence-electron chi connectivity index (χ1n) is 10.8. The Morgan fingerprint density at radius 2 is 1.72 bits per heavy atom. The van der Waals surface area contributed by atoms with E-state index in [0.29, 0.717) is 16.9 Å². The summed E-state index contributed by atoms with van der Waals surface area (Å²) in [4.78, 5) is 14.5. The summed E-state index contributed by atoms with van der Waals surface area (Å²) in [5.41, 5.74) is 5.62. The van der Waals surface area contributed by atoms with Crippen LogP contribution < -0.4 is 0 Å². The molecule has 0 spiro atoms. The van der Waals surface area contributed by atoms with Crippen molar-refractivity contribution in [3.05, 3.63) is 72.8 Å². The van der Waals surface area contributed by atoms with Gasteiger partial charge in [0.15, 0.2) is 9.84 Å². The summed E-state index contributed by atoms with van der Waals surface area (Å²) in [5, 5.41) is 0. The molecule has 7 heteroatoms. The molecule has 0 radical (unpaired) electrons. The van der Waals surface area contributed by atoms with E-state index in [2.05, 4.69) is 20.6 Å². The minimum atomic E-state index is -3.23. The van der Waals surface area contributed by atoms with Gasteiger partial charge >= 0.3 is 0 Å². The fourth-order valence-corrected chi connectivity index (χ4v) is 5.73. The largest absolute Gasteiger partial charge is 0.324 e. The summed E-state index contributed by atoms with van der Waals surface area (Å²) >= 11 is 0. The highest BCUT2D eigenvalue weighted by Crippen LogP contribution is 2.52. The maximum Gasteiger partial charge on any atom is 0.175 e. The van der Waals surface area contributed by atoms with E-state index in [0.717, 1.165) is 33.9 Å². The van der Waals surface area contributed by atoms with Gasteiger partial charge < -0.3 is 4.57 Å². The van der Waals surface area contributed by atoms with Crippen molar-refractivity contribution in [2.75, 3.05) is 6.26 Å². The van der Waals surface area contributed by atoms with Crippen LogP contribution in [0, 0.1) is 0 Å². The van der Waals surface area contributed by atoms with E-state index >= 15 is 0 Å². The smallest absolute Gasteiger partial charge is 0.175 e. The highest BCUT2D eigenvalue weighted by Gasteiger charge is 2.41. The predicted molar refractivity (Wildman–Crippen MR) is 123 cm³/mol. The zero-order valence-corrected chi connectivity index (χ0v) is 18.5. The maximum atomic E-state index is 11.8. The Bertz CT molecular complexity index is 1430. The van der Waals surface area contributed by atoms with E-state index in [1.807, 2.05) is 42.6 Å². The molecule has 160 valence electrons. The van der Waals surface area contributed by atoms with Crippen molar-refractivity contribution >= 4 is 9.84 Å². The first kappa shape index (κ1) is 19.4. The predicted octanol–water partition coefficient (Wildman–Crippen LogP) is 4.90. The highest BCUT2D eigenvalue weighted by atomic mass is 32.2. The molecule has 6 nitrogen and oxygen atoms in total. The van der Waals surface area contributed by atoms with Crippen molar-refractivity contribution in [3.8, 4) is 33.9 Å². The highest BCUT2D eigenvalue weighted by molar-refractivity contribution is 7.90. The van der Waals surface area contributed by atoms with Crippen molar-refractivity contribution in [2.45, 2.75) is 36.1 Å². The van der Waals surface area contributed by atoms with Gasteiger partial charge in [0.05, 0.1) is 22.0 Å². The molecule has 1 aliphatic carbocycles. The number of pyridine rings is 2. The normalized spacial score (nSPS) is 19.3. The first-order chi connectivity index (χ1) is 15.5. The van der Waals surface area contributed by atoms with Gasteiger partial charge in [-0.3, -0.25) is 9.97 Å². The van der Waals surface area contributed by atoms with Crippen molar-refractivity contribution in [2.24, 2.45) is 0 Å². The molecule has 2 atom stereocenters. The number of imidazole rings is 1. The molecule has 1 fully saturated rings. The molecule has 4 aromatic rings. The van der Waals surface area contributed by atoms with Gasteiger partial charge in [-0.2, -0.15) is 0 Å². The Kier molecular flexibility index (Phi) is 4.30. The summed E-state index contributed by atoms with van der Waals surface area (Å²) in [6.45, 7) is 0. The van der Waals surface area contributed by atoms with Gasteiger partial charge in [-0.1, -0.05) is 18.2 Å². The van der Waals surface area contributed by atoms with Gasteiger partial charge in [-0.05, 0) is 55.7 Å². The first-order valence-corrected chi connectivity index (χ1v) is 12.7. The van der Waals surface area contributed by atoms with Crippen LogP contribution in [0.5, 0.6) is 0 Å². The number of aromatic nitrogens is 4. The van der Waals surface area contributed by atoms with E-state index < -0.39 is 9.84 Å². The van der Waals surface area contributed by atoms with E-state index in [-0.39, 0.29) is 0 Å². The lowest BCUT2D eigenvalue weighted by molar-refractivity contribution is 0.530. The standard InChI is InChI=1S/C25H22N4O2S/c1-32(30,31)20-9-6-16(7-10-20)22-15-17(11-13-27-22)24-23(21-4-2-3-12-26-21)28-25-18-5-8-19(14-18)29(24)25/h2-4,6-7,9-13,15,18-19H,5,8,14H2,1H3/t18-,19+/m1/s1. The topological polar surface area (TPSA) is 77.7 Å². The molecule has 0 unspecified atom stereocenters. The summed E-state index contributed by atoms with van der Waals surface area (Å²) in [6.07, 6.45) is 8.39. The van der Waals surface area contributed by atoms with Gasteiger partial charge in [0.1, 0.15) is 11.5 Å². The second-order valence-corrected chi connectivity index (χ2v) is 10.7. The summed E-state index contributed by atoms with van der Waals surface area (Å²) in [5.74, 6) is 1.70. The molecule has 6 rings (SSSR count). The van der Waals surface area contributed by atoms with Crippen LogP contribution in [0.25, 0.3) is 33.9 Å². The van der Waals surface area contributed by atoms with E-state index in [1.54, 1.807) is 18.3 Å². The monoisotopic (exact) mass is 442 g/mol. The third kappa shape index (κ3) is 3.07. The molecule has 3 aromatic heterocycles. The Labute approximate surface area is 186 Å². The number of rotatable bonds is 4. The van der Waals surface area contributed by atoms with Crippen molar-refractivity contribution in [1.29, 1.82) is 0 Å². The van der Waals surface area contributed by atoms with Crippen LogP contribution in [-0.2, 0) is 9.84 Å². The SMILES string of the molecule is CS(=O)(=O)c1ccc(-c2cc(-c3c(-c4ccccn4)nc4n3[C@H]3CC[C@@H]4C3)ccn2)cc1. The number of fused-ring (bicyclic) bond motifs is 5. The lowest BCUT2D eigenvalue weighted by atomic mass is 10.0. The van der Waals surface area contributed by atoms with Crippen LogP contribution in [0.4, 0.5) is 0 Å². The molecule has 2 bridgehead atoms. The molecule has 32 heavy (non-hydrogen) atoms. The quantitative estimate of drug-likeness (QED) is 0.449. The minimum absolute atomic E-state index is 0.305. The van der Waals surface area contributed by atoms with E-state index in [1.165, 1.54) is 31.3 Å². The Morgan fingerprint density at radius 3 is 2.47 bits per heavy atom. The zero-order chi connectivity index (χ0) is 21.9. The van der Waals surface area contributed by atoms with Crippen molar-refractivity contribution < 1.29 is 8.42 Å². The second-order valence-electron chi connectivity index (χ2n) is 8.64. The van der Waals surface area contributed by atoms with E-state index in [4.69, 9.17) is 4.98 Å². The molecule has 4 heterocycles. The third-order valence-electron chi connectivity index (χ3n) is 6.59. The van der Waals surface area contributed by atoms with E-state index in [9.17, 15) is 8.42 Å². The van der Waals surface area contributed by atoms with Crippen LogP contribution >= 0.6 is 0 Å². The molecule has 0 saturated heterocycles. The van der Waals surface area contributed by atoms with Gasteiger partial charge in [0, 0.05) is 41.7 Å². The number of nitrogens with zero attached hydrogens (tertiary/aromatic N) is 4. The maximum absolute atomic E-state index is 11.8. The average Bonchev–Trinajstić information content (AvgIpc) is 3.52. The van der Waals surface area contributed by atoms with Gasteiger partial charge in [0.2, 0.25) is 0 Å². The molecule has 2 aliphatic rings. The molecular weight excluding hydrogens is 420 g/mol. The molecular formula is C25H22N4O2S. The average molecular weight is 443 g/mol. The zero-order valence-electron chi connectivity index (χ0n) is 17.6. The number of hydrogen-bond donors (Lipinski definition) is 0. The van der Waals surface area contributed by atoms with Crippen molar-refractivity contribution in [3.63, 3.8) is 0 Å². The van der Waals surface area contributed by atoms with Gasteiger partial charge in [-0.15, -0.1) is 0 Å². The third-order valence-corrected chi connectivity index (χ3v) is 7.72. The van der Waals surface area contributed by atoms with Crippen LogP contribution in [-0.4, -0.2) is 34.2 Å². The Balaban J connectivity index is 1.49. The number of sulfone groups is 1. The van der Waals surface area contributed by atoms with Crippen LogP contribution in [0.3, 0.4) is 0 Å². The second kappa shape index (κ2) is 7.10. The minimum Gasteiger partial charge on any atom is -0.324 e. The fraction of sp³-hybridized carbons (Fsp3) is 0.240. The van der Waals surface area contributed by atoms with Crippen LogP contribution in [0.2, 0.25) is 0 Å². The number of benzene rings is 1. The summed E-state index contributed by atoms with van der Waals surface area (Å²) in [6, 6.07) is 17.4. The van der Waals surface area contributed by atoms with Crippen LogP contribution in [0.15, 0.2) is 71.9 Å². The van der Waals surface area contributed by atoms with Gasteiger partial charge in [-0.25, -0.2) is 13.4 Å². The fourth-order valence-electron chi connectivity index (χ4n) is 5.10. The van der Waals surface area contributed by atoms with Crippen LogP contribution in [0.1, 0.15) is 37.0 Å². The summed E-state index contributed by atoms with van der Waals surface area (Å²) in [7, 11) is -3.23. The van der Waals surface area contributed by atoms with Crippen molar-refractivity contribution in [1.82, 2.24) is 19.5 Å². The number of hydrogen-bond acceptors (Lipinski definition) is 5. The molecule has 0 amide bonds. The lowest BCUT2D eigenvalue weighted by Gasteiger charge is -2.17. The molecule has 1 aromatic carbocycles. The Hall–Kier alpha value is -3.32. The molecule has 1 saturated carbocycles. The molecule has 0 N–H and O–H groups in total. The molecule has 1 aliphatic heterocycles. The Morgan fingerprint density at radius 1 is 0.906 bits per heavy atom. The van der Waals surface area contributed by atoms with Gasteiger partial charge in [0.25, 0.3) is 0 Å².